The van der Waals surface area contributed by atoms with Crippen molar-refractivity contribution in [1.82, 2.24) is 4.57 Å². The standard InChI is InChI=1S/C18H20FNO3/c1-3-5-12(18(22)23)16-11-6-4-7-13(19)17(11)20-10(2)15(21)9-8-14(16)20/h4,6-7,10,12H,3,5,8-9H2,1-2H3,(H,22,23). The van der Waals surface area contributed by atoms with Crippen LogP contribution < -0.4 is 0 Å². The highest BCUT2D eigenvalue weighted by Gasteiger charge is 2.34. The molecule has 0 fully saturated rings. The van der Waals surface area contributed by atoms with Gasteiger partial charge in [0.1, 0.15) is 5.82 Å². The van der Waals surface area contributed by atoms with Crippen molar-refractivity contribution in [3.63, 3.8) is 0 Å². The summed E-state index contributed by atoms with van der Waals surface area (Å²) in [6.07, 6.45) is 2.08. The van der Waals surface area contributed by atoms with Crippen LogP contribution in [0.2, 0.25) is 0 Å². The van der Waals surface area contributed by atoms with Crippen molar-refractivity contribution in [3.05, 3.63) is 35.3 Å². The topological polar surface area (TPSA) is 59.3 Å². The number of benzene rings is 1. The fraction of sp³-hybridized carbons (Fsp3) is 0.444. The Balaban J connectivity index is 2.37. The normalized spacial score (nSPS) is 18.9. The first kappa shape index (κ1) is 15.7. The zero-order chi connectivity index (χ0) is 16.7. The minimum Gasteiger partial charge on any atom is -0.481 e. The predicted molar refractivity (Wildman–Crippen MR) is 85.2 cm³/mol. The van der Waals surface area contributed by atoms with Gasteiger partial charge in [-0.05, 0) is 31.4 Å². The van der Waals surface area contributed by atoms with E-state index in [1.165, 1.54) is 6.07 Å². The summed E-state index contributed by atoms with van der Waals surface area (Å²) in [5.74, 6) is -1.90. The first-order chi connectivity index (χ1) is 11.0. The Morgan fingerprint density at radius 1 is 1.43 bits per heavy atom. The third-order valence-electron chi connectivity index (χ3n) is 4.80. The number of Topliss-reactive ketones (excluding diaryl/α,β-unsaturated/α-hetero) is 1. The van der Waals surface area contributed by atoms with Gasteiger partial charge in [0.25, 0.3) is 0 Å². The van der Waals surface area contributed by atoms with Crippen molar-refractivity contribution in [3.8, 4) is 0 Å². The van der Waals surface area contributed by atoms with Gasteiger partial charge in [-0.25, -0.2) is 4.39 Å². The summed E-state index contributed by atoms with van der Waals surface area (Å²) in [6, 6.07) is 4.27. The Morgan fingerprint density at radius 3 is 2.83 bits per heavy atom. The van der Waals surface area contributed by atoms with Gasteiger partial charge in [-0.3, -0.25) is 9.59 Å². The molecule has 2 heterocycles. The fourth-order valence-corrected chi connectivity index (χ4v) is 3.74. The van der Waals surface area contributed by atoms with Crippen molar-refractivity contribution >= 4 is 22.7 Å². The van der Waals surface area contributed by atoms with Crippen LogP contribution in [0.15, 0.2) is 18.2 Å². The van der Waals surface area contributed by atoms with Crippen LogP contribution in [0, 0.1) is 5.82 Å². The number of carbonyl (C=O) groups excluding carboxylic acids is 1. The number of hydrogen-bond acceptors (Lipinski definition) is 2. The number of aliphatic carboxylic acids is 1. The summed E-state index contributed by atoms with van der Waals surface area (Å²) in [5.41, 5.74) is 1.85. The molecule has 0 saturated carbocycles. The van der Waals surface area contributed by atoms with E-state index in [1.807, 2.05) is 6.92 Å². The Hall–Kier alpha value is -2.17. The fourth-order valence-electron chi connectivity index (χ4n) is 3.74. The van der Waals surface area contributed by atoms with E-state index in [0.717, 1.165) is 12.1 Å². The number of nitrogens with zero attached hydrogens (tertiary/aromatic N) is 1. The molecule has 0 amide bonds. The van der Waals surface area contributed by atoms with E-state index in [4.69, 9.17) is 0 Å². The lowest BCUT2D eigenvalue weighted by molar-refractivity contribution is -0.139. The minimum absolute atomic E-state index is 0.0616. The van der Waals surface area contributed by atoms with Gasteiger partial charge >= 0.3 is 5.97 Å². The average molecular weight is 317 g/mol. The van der Waals surface area contributed by atoms with Crippen LogP contribution in [0.3, 0.4) is 0 Å². The Bertz CT molecular complexity index is 793. The zero-order valence-corrected chi connectivity index (χ0v) is 13.3. The van der Waals surface area contributed by atoms with Gasteiger partial charge in [0, 0.05) is 17.5 Å². The molecule has 0 aliphatic carbocycles. The number of ketones is 1. The van der Waals surface area contributed by atoms with Crippen molar-refractivity contribution in [2.24, 2.45) is 0 Å². The summed E-state index contributed by atoms with van der Waals surface area (Å²) in [6.45, 7) is 3.70. The number of carboxylic acids is 1. The van der Waals surface area contributed by atoms with Crippen molar-refractivity contribution < 1.29 is 19.1 Å². The van der Waals surface area contributed by atoms with Crippen LogP contribution in [0.5, 0.6) is 0 Å². The smallest absolute Gasteiger partial charge is 0.311 e. The van der Waals surface area contributed by atoms with E-state index >= 15 is 0 Å². The second kappa shape index (κ2) is 5.80. The highest BCUT2D eigenvalue weighted by molar-refractivity contribution is 5.95. The zero-order valence-electron chi connectivity index (χ0n) is 13.3. The number of rotatable bonds is 4. The van der Waals surface area contributed by atoms with Gasteiger partial charge in [0.05, 0.1) is 17.5 Å². The largest absolute Gasteiger partial charge is 0.481 e. The van der Waals surface area contributed by atoms with E-state index in [9.17, 15) is 19.1 Å². The summed E-state index contributed by atoms with van der Waals surface area (Å²) in [4.78, 5) is 23.9. The number of fused-ring (bicyclic) bond motifs is 3. The summed E-state index contributed by atoms with van der Waals surface area (Å²) in [5, 5.41) is 10.3. The summed E-state index contributed by atoms with van der Waals surface area (Å²) >= 11 is 0. The van der Waals surface area contributed by atoms with Gasteiger partial charge in [-0.1, -0.05) is 25.5 Å². The molecule has 0 spiro atoms. The minimum atomic E-state index is -0.893. The van der Waals surface area contributed by atoms with Crippen LogP contribution >= 0.6 is 0 Å². The number of aromatic nitrogens is 1. The van der Waals surface area contributed by atoms with Crippen molar-refractivity contribution in [2.45, 2.75) is 51.5 Å². The van der Waals surface area contributed by atoms with Crippen molar-refractivity contribution in [1.29, 1.82) is 0 Å². The second-order valence-electron chi connectivity index (χ2n) is 6.19. The third-order valence-corrected chi connectivity index (χ3v) is 4.80. The van der Waals surface area contributed by atoms with Gasteiger partial charge in [-0.15, -0.1) is 0 Å². The Labute approximate surface area is 133 Å². The number of para-hydroxylation sites is 1. The molecule has 1 aliphatic heterocycles. The Kier molecular flexibility index (Phi) is 3.96. The van der Waals surface area contributed by atoms with Gasteiger partial charge in [0.2, 0.25) is 0 Å². The van der Waals surface area contributed by atoms with Crippen LogP contribution in [0.25, 0.3) is 10.9 Å². The first-order valence-corrected chi connectivity index (χ1v) is 8.04. The van der Waals surface area contributed by atoms with Gasteiger partial charge in [0.15, 0.2) is 5.78 Å². The predicted octanol–water partition coefficient (Wildman–Crippen LogP) is 3.83. The summed E-state index contributed by atoms with van der Waals surface area (Å²) < 4.78 is 16.2. The van der Waals surface area contributed by atoms with E-state index in [1.54, 1.807) is 23.6 Å². The maximum absolute atomic E-state index is 14.5. The van der Waals surface area contributed by atoms with Crippen LogP contribution in [-0.2, 0) is 16.0 Å². The molecule has 0 radical (unpaired) electrons. The second-order valence-corrected chi connectivity index (χ2v) is 6.19. The molecule has 0 bridgehead atoms. The van der Waals surface area contributed by atoms with Gasteiger partial charge in [-0.2, -0.15) is 0 Å². The molecule has 23 heavy (non-hydrogen) atoms. The highest BCUT2D eigenvalue weighted by Crippen LogP contribution is 2.40. The monoisotopic (exact) mass is 317 g/mol. The molecule has 5 heteroatoms. The van der Waals surface area contributed by atoms with E-state index in [-0.39, 0.29) is 5.78 Å². The lowest BCUT2D eigenvalue weighted by Crippen LogP contribution is -2.26. The molecule has 1 aliphatic rings. The molecular formula is C18H20FNO3. The number of halogens is 1. The molecule has 1 aromatic heterocycles. The molecule has 122 valence electrons. The average Bonchev–Trinajstić information content (AvgIpc) is 2.84. The molecule has 4 nitrogen and oxygen atoms in total. The first-order valence-electron chi connectivity index (χ1n) is 8.04. The SMILES string of the molecule is CCCC(C(=O)O)c1c2n(c3c(F)cccc13)C(C)C(=O)CC2. The summed E-state index contributed by atoms with van der Waals surface area (Å²) in [7, 11) is 0. The number of carboxylic acid groups (broad SMARTS) is 1. The molecule has 1 N–H and O–H groups in total. The molecule has 2 unspecified atom stereocenters. The molecule has 2 aromatic rings. The third kappa shape index (κ3) is 2.35. The van der Waals surface area contributed by atoms with E-state index in [2.05, 4.69) is 0 Å². The highest BCUT2D eigenvalue weighted by atomic mass is 19.1. The van der Waals surface area contributed by atoms with Crippen molar-refractivity contribution in [2.75, 3.05) is 0 Å². The molecule has 3 rings (SSSR count). The Morgan fingerprint density at radius 2 is 2.17 bits per heavy atom. The lowest BCUT2D eigenvalue weighted by Gasteiger charge is -2.24. The number of carbonyl (C=O) groups is 2. The van der Waals surface area contributed by atoms with Crippen LogP contribution in [0.1, 0.15) is 56.3 Å². The quantitative estimate of drug-likeness (QED) is 0.932. The number of hydrogen-bond donors (Lipinski definition) is 1. The molecule has 1 aromatic carbocycles. The van der Waals surface area contributed by atoms with Crippen LogP contribution in [-0.4, -0.2) is 21.4 Å². The maximum atomic E-state index is 14.5. The molecular weight excluding hydrogens is 297 g/mol. The van der Waals surface area contributed by atoms with E-state index in [0.29, 0.717) is 35.7 Å². The molecule has 2 atom stereocenters. The molecule has 0 saturated heterocycles. The lowest BCUT2D eigenvalue weighted by atomic mass is 9.89. The van der Waals surface area contributed by atoms with Crippen LogP contribution in [0.4, 0.5) is 4.39 Å². The maximum Gasteiger partial charge on any atom is 0.311 e. The van der Waals surface area contributed by atoms with Gasteiger partial charge < -0.3 is 9.67 Å². The van der Waals surface area contributed by atoms with E-state index < -0.39 is 23.7 Å².